The predicted octanol–water partition coefficient (Wildman–Crippen LogP) is 1.59. The van der Waals surface area contributed by atoms with Gasteiger partial charge in [0.1, 0.15) is 0 Å². The molecule has 4 heteroatoms. The summed E-state index contributed by atoms with van der Waals surface area (Å²) in [6.45, 7) is 6.90. The Balaban J connectivity index is 1.94. The predicted molar refractivity (Wildman–Crippen MR) is 69.9 cm³/mol. The number of hydrogen-bond acceptors (Lipinski definition) is 4. The van der Waals surface area contributed by atoms with Crippen LogP contribution in [0.15, 0.2) is 16.8 Å². The number of hydrogen-bond donors (Lipinski definition) is 1. The lowest BCUT2D eigenvalue weighted by Crippen LogP contribution is -2.40. The molecule has 0 bridgehead atoms. The fourth-order valence-corrected chi connectivity index (χ4v) is 2.67. The van der Waals surface area contributed by atoms with Gasteiger partial charge in [0, 0.05) is 19.4 Å². The lowest BCUT2D eigenvalue weighted by Gasteiger charge is -2.36. The molecule has 0 radical (unpaired) electrons. The topological polar surface area (TPSA) is 36.9 Å². The zero-order chi connectivity index (χ0) is 12.3. The SMILES string of the molecule is COC1N=CNC=C1C1CCN(C(C)C)CC1. The third kappa shape index (κ3) is 2.87. The first-order valence-electron chi connectivity index (χ1n) is 6.47. The smallest absolute Gasteiger partial charge is 0.173 e. The Kier molecular flexibility index (Phi) is 4.18. The third-order valence-electron chi connectivity index (χ3n) is 3.77. The molecule has 0 saturated carbocycles. The van der Waals surface area contributed by atoms with Gasteiger partial charge in [-0.25, -0.2) is 4.99 Å². The van der Waals surface area contributed by atoms with Crippen molar-refractivity contribution >= 4 is 6.34 Å². The number of likely N-dealkylation sites (tertiary alicyclic amines) is 1. The average Bonchev–Trinajstić information content (AvgIpc) is 2.39. The molecule has 1 unspecified atom stereocenters. The second-order valence-electron chi connectivity index (χ2n) is 5.08. The number of aliphatic imine (C=N–C) groups is 1. The first-order chi connectivity index (χ1) is 8.22. The summed E-state index contributed by atoms with van der Waals surface area (Å²) < 4.78 is 5.41. The number of methoxy groups -OCH3 is 1. The Morgan fingerprint density at radius 3 is 2.71 bits per heavy atom. The minimum atomic E-state index is -0.0770. The second-order valence-corrected chi connectivity index (χ2v) is 5.08. The maximum absolute atomic E-state index is 5.41. The normalized spacial score (nSPS) is 27.1. The van der Waals surface area contributed by atoms with Gasteiger partial charge in [-0.05, 0) is 51.3 Å². The van der Waals surface area contributed by atoms with Gasteiger partial charge in [-0.15, -0.1) is 0 Å². The van der Waals surface area contributed by atoms with Crippen LogP contribution in [0.1, 0.15) is 26.7 Å². The van der Waals surface area contributed by atoms with Gasteiger partial charge in [0.2, 0.25) is 0 Å². The molecule has 96 valence electrons. The summed E-state index contributed by atoms with van der Waals surface area (Å²) in [6, 6.07) is 0.658. The maximum Gasteiger partial charge on any atom is 0.173 e. The summed E-state index contributed by atoms with van der Waals surface area (Å²) in [5, 5.41) is 3.08. The quantitative estimate of drug-likeness (QED) is 0.810. The second kappa shape index (κ2) is 5.65. The van der Waals surface area contributed by atoms with Crippen molar-refractivity contribution in [1.29, 1.82) is 0 Å². The number of nitrogens with one attached hydrogen (secondary N) is 1. The Labute approximate surface area is 104 Å². The van der Waals surface area contributed by atoms with Crippen molar-refractivity contribution in [1.82, 2.24) is 10.2 Å². The number of nitrogens with zero attached hydrogens (tertiary/aromatic N) is 2. The molecule has 2 aliphatic heterocycles. The van der Waals surface area contributed by atoms with E-state index in [4.69, 9.17) is 4.74 Å². The van der Waals surface area contributed by atoms with Crippen LogP contribution in [0.25, 0.3) is 0 Å². The first kappa shape index (κ1) is 12.6. The van der Waals surface area contributed by atoms with Crippen molar-refractivity contribution in [2.45, 2.75) is 39.0 Å². The van der Waals surface area contributed by atoms with Gasteiger partial charge < -0.3 is 15.0 Å². The number of ether oxygens (including phenoxy) is 1. The average molecular weight is 237 g/mol. The van der Waals surface area contributed by atoms with Gasteiger partial charge in [0.05, 0.1) is 6.34 Å². The molecule has 0 amide bonds. The van der Waals surface area contributed by atoms with E-state index in [1.165, 1.54) is 31.5 Å². The van der Waals surface area contributed by atoms with E-state index in [0.29, 0.717) is 12.0 Å². The van der Waals surface area contributed by atoms with Crippen molar-refractivity contribution in [2.24, 2.45) is 10.9 Å². The highest BCUT2D eigenvalue weighted by atomic mass is 16.5. The van der Waals surface area contributed by atoms with Crippen molar-refractivity contribution in [3.05, 3.63) is 11.8 Å². The van der Waals surface area contributed by atoms with Crippen LogP contribution in [-0.4, -0.2) is 43.7 Å². The molecule has 4 nitrogen and oxygen atoms in total. The molecule has 0 spiro atoms. The van der Waals surface area contributed by atoms with E-state index in [2.05, 4.69) is 35.3 Å². The lowest BCUT2D eigenvalue weighted by atomic mass is 9.88. The molecule has 0 aromatic carbocycles. The van der Waals surface area contributed by atoms with Gasteiger partial charge >= 0.3 is 0 Å². The van der Waals surface area contributed by atoms with Crippen LogP contribution >= 0.6 is 0 Å². The fraction of sp³-hybridized carbons (Fsp3) is 0.769. The summed E-state index contributed by atoms with van der Waals surface area (Å²) >= 11 is 0. The molecule has 2 rings (SSSR count). The van der Waals surface area contributed by atoms with E-state index in [1.54, 1.807) is 13.4 Å². The maximum atomic E-state index is 5.41. The summed E-state index contributed by atoms with van der Waals surface area (Å²) in [7, 11) is 1.73. The Morgan fingerprint density at radius 2 is 2.12 bits per heavy atom. The van der Waals surface area contributed by atoms with Crippen LogP contribution < -0.4 is 5.32 Å². The zero-order valence-corrected chi connectivity index (χ0v) is 11.0. The van der Waals surface area contributed by atoms with Crippen molar-refractivity contribution in [3.8, 4) is 0 Å². The minimum Gasteiger partial charge on any atom is -0.356 e. The number of piperidine rings is 1. The molecule has 17 heavy (non-hydrogen) atoms. The Bertz CT molecular complexity index is 304. The number of rotatable bonds is 3. The Morgan fingerprint density at radius 1 is 1.41 bits per heavy atom. The summed E-state index contributed by atoms with van der Waals surface area (Å²) in [5.74, 6) is 0.611. The van der Waals surface area contributed by atoms with Crippen molar-refractivity contribution in [3.63, 3.8) is 0 Å². The van der Waals surface area contributed by atoms with Crippen LogP contribution in [-0.2, 0) is 4.74 Å². The highest BCUT2D eigenvalue weighted by Crippen LogP contribution is 2.29. The molecule has 1 saturated heterocycles. The zero-order valence-electron chi connectivity index (χ0n) is 11.0. The molecule has 1 fully saturated rings. The minimum absolute atomic E-state index is 0.0770. The molecule has 2 heterocycles. The largest absolute Gasteiger partial charge is 0.356 e. The van der Waals surface area contributed by atoms with E-state index in [1.807, 2.05) is 0 Å². The summed E-state index contributed by atoms with van der Waals surface area (Å²) in [4.78, 5) is 6.86. The molecule has 0 aromatic rings. The third-order valence-corrected chi connectivity index (χ3v) is 3.77. The van der Waals surface area contributed by atoms with Gasteiger partial charge in [0.25, 0.3) is 0 Å². The van der Waals surface area contributed by atoms with Gasteiger partial charge in [0.15, 0.2) is 6.23 Å². The monoisotopic (exact) mass is 237 g/mol. The lowest BCUT2D eigenvalue weighted by molar-refractivity contribution is 0.108. The molecular weight excluding hydrogens is 214 g/mol. The molecule has 0 aromatic heterocycles. The standard InChI is InChI=1S/C13H23N3O/c1-10(2)16-6-4-11(5-7-16)12-8-14-9-15-13(12)17-3/h8-11,13H,4-7H2,1-3H3,(H,14,15). The van der Waals surface area contributed by atoms with E-state index < -0.39 is 0 Å². The van der Waals surface area contributed by atoms with E-state index in [0.717, 1.165) is 0 Å². The van der Waals surface area contributed by atoms with E-state index >= 15 is 0 Å². The van der Waals surface area contributed by atoms with Crippen LogP contribution in [0, 0.1) is 5.92 Å². The van der Waals surface area contributed by atoms with Gasteiger partial charge in [-0.1, -0.05) is 0 Å². The van der Waals surface area contributed by atoms with Crippen molar-refractivity contribution < 1.29 is 4.74 Å². The van der Waals surface area contributed by atoms with Crippen molar-refractivity contribution in [2.75, 3.05) is 20.2 Å². The highest BCUT2D eigenvalue weighted by Gasteiger charge is 2.28. The van der Waals surface area contributed by atoms with E-state index in [-0.39, 0.29) is 6.23 Å². The fourth-order valence-electron chi connectivity index (χ4n) is 2.67. The molecule has 0 aliphatic carbocycles. The molecule has 1 atom stereocenters. The van der Waals surface area contributed by atoms with Crippen LogP contribution in [0.3, 0.4) is 0 Å². The summed E-state index contributed by atoms with van der Waals surface area (Å²) in [5.41, 5.74) is 1.30. The van der Waals surface area contributed by atoms with E-state index in [9.17, 15) is 0 Å². The van der Waals surface area contributed by atoms with Crippen LogP contribution in [0.4, 0.5) is 0 Å². The Hall–Kier alpha value is -0.870. The molecule has 2 aliphatic rings. The van der Waals surface area contributed by atoms with Crippen LogP contribution in [0.5, 0.6) is 0 Å². The van der Waals surface area contributed by atoms with Crippen LogP contribution in [0.2, 0.25) is 0 Å². The first-order valence-corrected chi connectivity index (χ1v) is 6.47. The van der Waals surface area contributed by atoms with Gasteiger partial charge in [-0.2, -0.15) is 0 Å². The molecule has 1 N–H and O–H groups in total. The summed E-state index contributed by atoms with van der Waals surface area (Å²) in [6.07, 6.45) is 6.12. The van der Waals surface area contributed by atoms with Gasteiger partial charge in [-0.3, -0.25) is 0 Å². The highest BCUT2D eigenvalue weighted by molar-refractivity contribution is 5.58. The molecular formula is C13H23N3O.